The van der Waals surface area contributed by atoms with Crippen LogP contribution in [-0.2, 0) is 4.79 Å². The van der Waals surface area contributed by atoms with Crippen molar-refractivity contribution >= 4 is 23.4 Å². The number of nitriles is 1. The summed E-state index contributed by atoms with van der Waals surface area (Å²) in [6.07, 6.45) is 1.50. The van der Waals surface area contributed by atoms with Gasteiger partial charge in [0, 0.05) is 29.1 Å². The summed E-state index contributed by atoms with van der Waals surface area (Å²) in [5, 5.41) is 27.3. The number of rotatable bonds is 5. The molecule has 8 heteroatoms. The molecule has 0 atom stereocenters. The van der Waals surface area contributed by atoms with Gasteiger partial charge in [-0.3, -0.25) is 14.9 Å². The highest BCUT2D eigenvalue weighted by molar-refractivity contribution is 6.09. The van der Waals surface area contributed by atoms with Crippen molar-refractivity contribution in [2.45, 2.75) is 13.8 Å². The average molecular weight is 387 g/mol. The first-order valence-electron chi connectivity index (χ1n) is 8.70. The molecule has 0 spiro atoms. The van der Waals surface area contributed by atoms with Crippen LogP contribution in [0.3, 0.4) is 0 Å². The Kier molecular flexibility index (Phi) is 5.51. The molecule has 0 saturated carbocycles. The lowest BCUT2D eigenvalue weighted by Crippen LogP contribution is -2.13. The average Bonchev–Trinajstić information content (AvgIpc) is 3.00. The molecule has 0 radical (unpaired) electrons. The number of nitro groups is 1. The number of anilines is 1. The van der Waals surface area contributed by atoms with Gasteiger partial charge < -0.3 is 5.32 Å². The topological polar surface area (TPSA) is 114 Å². The first-order valence-corrected chi connectivity index (χ1v) is 8.70. The Balaban J connectivity index is 1.88. The Labute approximate surface area is 166 Å². The summed E-state index contributed by atoms with van der Waals surface area (Å²) in [5.74, 6) is -0.604. The Morgan fingerprint density at radius 3 is 2.41 bits per heavy atom. The van der Waals surface area contributed by atoms with Gasteiger partial charge in [0.2, 0.25) is 0 Å². The third kappa shape index (κ3) is 4.20. The van der Waals surface area contributed by atoms with E-state index in [2.05, 4.69) is 10.4 Å². The number of aryl methyl sites for hydroxylation is 1. The first kappa shape index (κ1) is 19.5. The van der Waals surface area contributed by atoms with Gasteiger partial charge in [0.15, 0.2) is 0 Å². The lowest BCUT2D eigenvalue weighted by molar-refractivity contribution is -0.384. The molecule has 29 heavy (non-hydrogen) atoms. The summed E-state index contributed by atoms with van der Waals surface area (Å²) in [6, 6.07) is 16.8. The largest absolute Gasteiger partial charge is 0.321 e. The third-order valence-electron chi connectivity index (χ3n) is 4.34. The van der Waals surface area contributed by atoms with Crippen LogP contribution in [0.1, 0.15) is 17.0 Å². The molecule has 0 fully saturated rings. The molecule has 3 rings (SSSR count). The molecule has 1 aromatic heterocycles. The molecule has 0 aliphatic heterocycles. The van der Waals surface area contributed by atoms with Crippen molar-refractivity contribution in [2.24, 2.45) is 0 Å². The predicted octanol–water partition coefficient (Wildman–Crippen LogP) is 3.94. The molecule has 0 aliphatic carbocycles. The normalized spacial score (nSPS) is 11.0. The van der Waals surface area contributed by atoms with Gasteiger partial charge in [-0.2, -0.15) is 10.4 Å². The zero-order chi connectivity index (χ0) is 21.0. The molecule has 2 aromatic carbocycles. The number of carbonyl (C=O) groups excluding carboxylic acids is 1. The van der Waals surface area contributed by atoms with Gasteiger partial charge in [0.25, 0.3) is 11.6 Å². The number of carbonyl (C=O) groups is 1. The smallest absolute Gasteiger partial charge is 0.269 e. The molecular weight excluding hydrogens is 370 g/mol. The highest BCUT2D eigenvalue weighted by Gasteiger charge is 2.16. The van der Waals surface area contributed by atoms with Crippen LogP contribution in [0, 0.1) is 35.3 Å². The Bertz CT molecular complexity index is 1140. The predicted molar refractivity (Wildman–Crippen MR) is 108 cm³/mol. The number of benzene rings is 2. The van der Waals surface area contributed by atoms with Gasteiger partial charge in [0.1, 0.15) is 11.6 Å². The minimum atomic E-state index is -0.604. The number of hydrogen-bond acceptors (Lipinski definition) is 5. The van der Waals surface area contributed by atoms with Crippen LogP contribution in [0.5, 0.6) is 0 Å². The molecule has 1 amide bonds. The summed E-state index contributed by atoms with van der Waals surface area (Å²) in [7, 11) is 0. The van der Waals surface area contributed by atoms with E-state index < -0.39 is 10.8 Å². The molecule has 1 N–H and O–H groups in total. The second-order valence-electron chi connectivity index (χ2n) is 6.26. The fourth-order valence-electron chi connectivity index (χ4n) is 2.84. The Morgan fingerprint density at radius 2 is 1.83 bits per heavy atom. The second kappa shape index (κ2) is 8.19. The van der Waals surface area contributed by atoms with Crippen molar-refractivity contribution in [3.8, 4) is 11.8 Å². The van der Waals surface area contributed by atoms with E-state index in [1.54, 1.807) is 4.68 Å². The molecule has 0 aliphatic rings. The number of para-hydroxylation sites is 1. The van der Waals surface area contributed by atoms with E-state index in [4.69, 9.17) is 0 Å². The summed E-state index contributed by atoms with van der Waals surface area (Å²) in [5.41, 5.74) is 3.22. The highest BCUT2D eigenvalue weighted by Crippen LogP contribution is 2.21. The van der Waals surface area contributed by atoms with Crippen molar-refractivity contribution in [2.75, 3.05) is 5.32 Å². The number of nitro benzene ring substituents is 1. The van der Waals surface area contributed by atoms with E-state index in [0.29, 0.717) is 16.9 Å². The van der Waals surface area contributed by atoms with E-state index in [0.717, 1.165) is 11.4 Å². The quantitative estimate of drug-likeness (QED) is 0.308. The van der Waals surface area contributed by atoms with Gasteiger partial charge >= 0.3 is 0 Å². The van der Waals surface area contributed by atoms with Crippen LogP contribution in [0.2, 0.25) is 0 Å². The monoisotopic (exact) mass is 387 g/mol. The van der Waals surface area contributed by atoms with Crippen molar-refractivity contribution in [3.05, 3.63) is 87.2 Å². The van der Waals surface area contributed by atoms with E-state index in [-0.39, 0.29) is 11.3 Å². The maximum absolute atomic E-state index is 12.5. The molecule has 8 nitrogen and oxygen atoms in total. The van der Waals surface area contributed by atoms with E-state index in [1.807, 2.05) is 50.2 Å². The van der Waals surface area contributed by atoms with E-state index in [9.17, 15) is 20.2 Å². The van der Waals surface area contributed by atoms with Crippen LogP contribution in [-0.4, -0.2) is 20.6 Å². The number of aromatic nitrogens is 2. The third-order valence-corrected chi connectivity index (χ3v) is 4.34. The van der Waals surface area contributed by atoms with Crippen LogP contribution in [0.15, 0.2) is 60.2 Å². The summed E-state index contributed by atoms with van der Waals surface area (Å²) in [6.45, 7) is 3.67. The summed E-state index contributed by atoms with van der Waals surface area (Å²) in [4.78, 5) is 22.7. The highest BCUT2D eigenvalue weighted by atomic mass is 16.6. The number of nitrogens with one attached hydrogen (secondary N) is 1. The molecule has 0 bridgehead atoms. The number of hydrogen-bond donors (Lipinski definition) is 1. The van der Waals surface area contributed by atoms with Gasteiger partial charge in [0.05, 0.1) is 16.3 Å². The maximum atomic E-state index is 12.5. The Hall–Kier alpha value is -4.25. The van der Waals surface area contributed by atoms with Crippen molar-refractivity contribution in [1.82, 2.24) is 9.78 Å². The minimum absolute atomic E-state index is 0.0846. The van der Waals surface area contributed by atoms with Gasteiger partial charge in [-0.05, 0) is 44.2 Å². The van der Waals surface area contributed by atoms with Gasteiger partial charge in [-0.15, -0.1) is 0 Å². The first-order chi connectivity index (χ1) is 13.9. The fourth-order valence-corrected chi connectivity index (χ4v) is 2.84. The fraction of sp³-hybridized carbons (Fsp3) is 0.0952. The summed E-state index contributed by atoms with van der Waals surface area (Å²) >= 11 is 0. The van der Waals surface area contributed by atoms with Crippen LogP contribution in [0.4, 0.5) is 11.4 Å². The van der Waals surface area contributed by atoms with Crippen molar-refractivity contribution < 1.29 is 9.72 Å². The van der Waals surface area contributed by atoms with Crippen molar-refractivity contribution in [1.29, 1.82) is 5.26 Å². The van der Waals surface area contributed by atoms with Crippen LogP contribution < -0.4 is 5.32 Å². The minimum Gasteiger partial charge on any atom is -0.321 e. The Morgan fingerprint density at radius 1 is 1.17 bits per heavy atom. The SMILES string of the molecule is Cc1nn(-c2ccccc2)c(C)c1/C=C(\C#N)C(=O)Nc1ccc([N+](=O)[O-])cc1. The molecule has 0 saturated heterocycles. The lowest BCUT2D eigenvalue weighted by atomic mass is 10.1. The van der Waals surface area contributed by atoms with Crippen LogP contribution >= 0.6 is 0 Å². The van der Waals surface area contributed by atoms with Crippen molar-refractivity contribution in [3.63, 3.8) is 0 Å². The molecule has 3 aromatic rings. The standard InChI is InChI=1S/C21H17N5O3/c1-14-20(15(2)25(24-14)18-6-4-3-5-7-18)12-16(13-22)21(27)23-17-8-10-19(11-9-17)26(28)29/h3-12H,1-2H3,(H,23,27)/b16-12+. The zero-order valence-corrected chi connectivity index (χ0v) is 15.8. The summed E-state index contributed by atoms with van der Waals surface area (Å²) < 4.78 is 1.75. The van der Waals surface area contributed by atoms with Crippen LogP contribution in [0.25, 0.3) is 11.8 Å². The maximum Gasteiger partial charge on any atom is 0.269 e. The molecule has 1 heterocycles. The molecule has 0 unspecified atom stereocenters. The van der Waals surface area contributed by atoms with E-state index in [1.165, 1.54) is 30.3 Å². The number of amides is 1. The number of non-ortho nitro benzene ring substituents is 1. The molecule has 144 valence electrons. The lowest BCUT2D eigenvalue weighted by Gasteiger charge is -2.05. The molecular formula is C21H17N5O3. The van der Waals surface area contributed by atoms with E-state index >= 15 is 0 Å². The number of nitrogens with zero attached hydrogens (tertiary/aromatic N) is 4. The second-order valence-corrected chi connectivity index (χ2v) is 6.26. The zero-order valence-electron chi connectivity index (χ0n) is 15.8. The van der Waals surface area contributed by atoms with Gasteiger partial charge in [-0.25, -0.2) is 4.68 Å². The van der Waals surface area contributed by atoms with Gasteiger partial charge in [-0.1, -0.05) is 18.2 Å².